The topological polar surface area (TPSA) is 72.0 Å². The summed E-state index contributed by atoms with van der Waals surface area (Å²) in [6, 6.07) is 5.05. The number of aromatic nitrogens is 1. The molecule has 2 rings (SSSR count). The normalized spacial score (nSPS) is 10.2. The van der Waals surface area contributed by atoms with Crippen molar-refractivity contribution in [3.63, 3.8) is 0 Å². The summed E-state index contributed by atoms with van der Waals surface area (Å²) in [6.07, 6.45) is 1.73. The van der Waals surface area contributed by atoms with Crippen LogP contribution >= 0.6 is 22.9 Å². The zero-order valence-corrected chi connectivity index (χ0v) is 10.4. The molecule has 3 N–H and O–H groups in total. The van der Waals surface area contributed by atoms with E-state index in [-0.39, 0.29) is 5.84 Å². The van der Waals surface area contributed by atoms with Crippen molar-refractivity contribution in [3.8, 4) is 5.75 Å². The lowest BCUT2D eigenvalue weighted by Crippen LogP contribution is -2.11. The molecule has 0 spiro atoms. The minimum Gasteiger partial charge on any atom is -0.486 e. The first-order valence-corrected chi connectivity index (χ1v) is 6.07. The van der Waals surface area contributed by atoms with E-state index in [1.807, 2.05) is 5.38 Å². The number of nitrogens with zero attached hydrogens (tertiary/aromatic N) is 1. The molecule has 0 radical (unpaired) electrons. The van der Waals surface area contributed by atoms with Gasteiger partial charge in [-0.05, 0) is 18.2 Å². The molecule has 0 unspecified atom stereocenters. The number of nitrogens with one attached hydrogen (secondary N) is 1. The second kappa shape index (κ2) is 5.16. The van der Waals surface area contributed by atoms with Crippen LogP contribution in [0.15, 0.2) is 29.8 Å². The Morgan fingerprint density at radius 1 is 1.53 bits per heavy atom. The summed E-state index contributed by atoms with van der Waals surface area (Å²) in [5.41, 5.74) is 5.87. The number of nitrogen functional groups attached to an aromatic ring is 1. The van der Waals surface area contributed by atoms with Gasteiger partial charge >= 0.3 is 0 Å². The fraction of sp³-hybridized carbons (Fsp3) is 0.0909. The predicted molar refractivity (Wildman–Crippen MR) is 68.9 cm³/mol. The van der Waals surface area contributed by atoms with Crippen molar-refractivity contribution < 1.29 is 4.74 Å². The third-order valence-electron chi connectivity index (χ3n) is 2.08. The fourth-order valence-electron chi connectivity index (χ4n) is 1.27. The van der Waals surface area contributed by atoms with Crippen molar-refractivity contribution in [1.29, 1.82) is 5.41 Å². The molecule has 1 heterocycles. The summed E-state index contributed by atoms with van der Waals surface area (Å²) in [6.45, 7) is 0.410. The number of nitrogens with two attached hydrogens (primary N) is 1. The molecule has 17 heavy (non-hydrogen) atoms. The Hall–Kier alpha value is -1.59. The van der Waals surface area contributed by atoms with Crippen molar-refractivity contribution in [1.82, 2.24) is 4.98 Å². The summed E-state index contributed by atoms with van der Waals surface area (Å²) in [5.74, 6) is 0.580. The number of ether oxygens (including phenoxy) is 1. The zero-order valence-electron chi connectivity index (χ0n) is 8.81. The molecule has 1 aromatic heterocycles. The van der Waals surface area contributed by atoms with E-state index in [1.165, 1.54) is 11.3 Å². The van der Waals surface area contributed by atoms with Gasteiger partial charge in [0, 0.05) is 17.1 Å². The van der Waals surface area contributed by atoms with Gasteiger partial charge in [0.15, 0.2) is 0 Å². The standard InChI is InChI=1S/C11H10ClN3OS/c12-9-5-7(1-2-8(9)11(13)14)16-6-10-15-3-4-17-10/h1-5H,6H2,(H3,13,14). The Labute approximate surface area is 108 Å². The van der Waals surface area contributed by atoms with E-state index in [2.05, 4.69) is 4.98 Å². The molecule has 88 valence electrons. The second-order valence-corrected chi connectivity index (χ2v) is 4.66. The molecule has 0 bridgehead atoms. The van der Waals surface area contributed by atoms with Crippen LogP contribution in [0, 0.1) is 5.41 Å². The summed E-state index contributed by atoms with van der Waals surface area (Å²) < 4.78 is 5.52. The van der Waals surface area contributed by atoms with Crippen molar-refractivity contribution in [2.75, 3.05) is 0 Å². The van der Waals surface area contributed by atoms with E-state index in [0.29, 0.717) is 22.9 Å². The molecular formula is C11H10ClN3OS. The van der Waals surface area contributed by atoms with Crippen LogP contribution in [0.5, 0.6) is 5.75 Å². The summed E-state index contributed by atoms with van der Waals surface area (Å²) in [5, 5.41) is 10.5. The van der Waals surface area contributed by atoms with Gasteiger partial charge < -0.3 is 10.5 Å². The third-order valence-corrected chi connectivity index (χ3v) is 3.14. The van der Waals surface area contributed by atoms with Gasteiger partial charge in [0.25, 0.3) is 0 Å². The molecule has 0 saturated heterocycles. The van der Waals surface area contributed by atoms with E-state index in [0.717, 1.165) is 5.01 Å². The molecule has 6 heteroatoms. The molecular weight excluding hydrogens is 258 g/mol. The molecule has 4 nitrogen and oxygen atoms in total. The van der Waals surface area contributed by atoms with Gasteiger partial charge in [-0.15, -0.1) is 11.3 Å². The van der Waals surface area contributed by atoms with Gasteiger partial charge in [0.1, 0.15) is 23.2 Å². The lowest BCUT2D eigenvalue weighted by atomic mass is 10.2. The smallest absolute Gasteiger partial charge is 0.140 e. The second-order valence-electron chi connectivity index (χ2n) is 3.27. The highest BCUT2D eigenvalue weighted by atomic mass is 35.5. The van der Waals surface area contributed by atoms with Gasteiger partial charge in [-0.2, -0.15) is 0 Å². The Kier molecular flexibility index (Phi) is 3.61. The first kappa shape index (κ1) is 11.9. The van der Waals surface area contributed by atoms with E-state index in [1.54, 1.807) is 24.4 Å². The van der Waals surface area contributed by atoms with Crippen LogP contribution in [-0.4, -0.2) is 10.8 Å². The number of amidine groups is 1. The average Bonchev–Trinajstić information content (AvgIpc) is 2.78. The summed E-state index contributed by atoms with van der Waals surface area (Å²) >= 11 is 7.50. The van der Waals surface area contributed by atoms with Crippen molar-refractivity contribution in [3.05, 3.63) is 45.4 Å². The van der Waals surface area contributed by atoms with Crippen LogP contribution in [-0.2, 0) is 6.61 Å². The highest BCUT2D eigenvalue weighted by molar-refractivity contribution is 7.09. The van der Waals surface area contributed by atoms with E-state index >= 15 is 0 Å². The van der Waals surface area contributed by atoms with Crippen molar-refractivity contribution in [2.24, 2.45) is 5.73 Å². The van der Waals surface area contributed by atoms with Gasteiger partial charge in [-0.1, -0.05) is 11.6 Å². The van der Waals surface area contributed by atoms with Gasteiger partial charge in [0.05, 0.1) is 5.02 Å². The van der Waals surface area contributed by atoms with E-state index < -0.39 is 0 Å². The van der Waals surface area contributed by atoms with E-state index in [9.17, 15) is 0 Å². The number of rotatable bonds is 4. The number of benzene rings is 1. The molecule has 0 aliphatic heterocycles. The minimum atomic E-state index is -0.0542. The number of hydrogen-bond acceptors (Lipinski definition) is 4. The maximum Gasteiger partial charge on any atom is 0.140 e. The number of hydrogen-bond donors (Lipinski definition) is 2. The van der Waals surface area contributed by atoms with E-state index in [4.69, 9.17) is 27.5 Å². The minimum absolute atomic E-state index is 0.0542. The molecule has 0 saturated carbocycles. The Balaban J connectivity index is 2.07. The average molecular weight is 268 g/mol. The molecule has 0 aliphatic rings. The first-order chi connectivity index (χ1) is 8.16. The highest BCUT2D eigenvalue weighted by Gasteiger charge is 2.05. The zero-order chi connectivity index (χ0) is 12.3. The Morgan fingerprint density at radius 2 is 2.35 bits per heavy atom. The maximum atomic E-state index is 7.31. The molecule has 0 atom stereocenters. The van der Waals surface area contributed by atoms with Crippen LogP contribution in [0.1, 0.15) is 10.6 Å². The third kappa shape index (κ3) is 2.95. The first-order valence-electron chi connectivity index (χ1n) is 4.82. The molecule has 0 fully saturated rings. The monoisotopic (exact) mass is 267 g/mol. The maximum absolute atomic E-state index is 7.31. The molecule has 0 aliphatic carbocycles. The van der Waals surface area contributed by atoms with Crippen LogP contribution in [0.25, 0.3) is 0 Å². The SMILES string of the molecule is N=C(N)c1ccc(OCc2nccs2)cc1Cl. The Morgan fingerprint density at radius 3 is 2.94 bits per heavy atom. The molecule has 1 aromatic carbocycles. The van der Waals surface area contributed by atoms with Gasteiger partial charge in [-0.3, -0.25) is 5.41 Å². The lowest BCUT2D eigenvalue weighted by Gasteiger charge is -2.07. The highest BCUT2D eigenvalue weighted by Crippen LogP contribution is 2.23. The summed E-state index contributed by atoms with van der Waals surface area (Å²) in [7, 11) is 0. The number of halogens is 1. The summed E-state index contributed by atoms with van der Waals surface area (Å²) in [4.78, 5) is 4.11. The van der Waals surface area contributed by atoms with Crippen LogP contribution in [0.2, 0.25) is 5.02 Å². The fourth-order valence-corrected chi connectivity index (χ4v) is 2.07. The largest absolute Gasteiger partial charge is 0.486 e. The quantitative estimate of drug-likeness (QED) is 0.661. The van der Waals surface area contributed by atoms with Gasteiger partial charge in [0.2, 0.25) is 0 Å². The van der Waals surface area contributed by atoms with Crippen LogP contribution in [0.4, 0.5) is 0 Å². The molecule has 2 aromatic rings. The van der Waals surface area contributed by atoms with Crippen molar-refractivity contribution >= 4 is 28.8 Å². The number of thiazole rings is 1. The van der Waals surface area contributed by atoms with Crippen LogP contribution in [0.3, 0.4) is 0 Å². The van der Waals surface area contributed by atoms with Crippen molar-refractivity contribution in [2.45, 2.75) is 6.61 Å². The van der Waals surface area contributed by atoms with Crippen LogP contribution < -0.4 is 10.5 Å². The lowest BCUT2D eigenvalue weighted by molar-refractivity contribution is 0.305. The molecule has 0 amide bonds. The Bertz CT molecular complexity index is 528. The van der Waals surface area contributed by atoms with Gasteiger partial charge in [-0.25, -0.2) is 4.98 Å². The predicted octanol–water partition coefficient (Wildman–Crippen LogP) is 2.66.